The molecule has 0 aliphatic rings. The van der Waals surface area contributed by atoms with Crippen LogP contribution in [0.25, 0.3) is 55.6 Å². The summed E-state index contributed by atoms with van der Waals surface area (Å²) < 4.78 is 15.8. The molecule has 0 bridgehead atoms. The summed E-state index contributed by atoms with van der Waals surface area (Å²) in [6, 6.07) is 14.3. The van der Waals surface area contributed by atoms with Gasteiger partial charge in [-0.1, -0.05) is 63.1 Å². The van der Waals surface area contributed by atoms with E-state index in [0.29, 0.717) is 25.3 Å². The molecule has 0 radical (unpaired) electrons. The second-order valence-corrected chi connectivity index (χ2v) is 16.4. The predicted molar refractivity (Wildman–Crippen MR) is 233 cm³/mol. The molecular weight excluding hydrogens is 705 g/mol. The van der Waals surface area contributed by atoms with Gasteiger partial charge in [-0.05, 0) is 127 Å². The van der Waals surface area contributed by atoms with E-state index in [0.717, 1.165) is 115 Å². The Balaban J connectivity index is 1.21. The van der Waals surface area contributed by atoms with E-state index in [1.165, 1.54) is 22.3 Å². The van der Waals surface area contributed by atoms with Gasteiger partial charge < -0.3 is 13.9 Å². The molecule has 0 atom stereocenters. The van der Waals surface area contributed by atoms with E-state index in [9.17, 15) is 0 Å². The van der Waals surface area contributed by atoms with Gasteiger partial charge in [0.15, 0.2) is 11.3 Å². The van der Waals surface area contributed by atoms with Crippen LogP contribution in [0.1, 0.15) is 122 Å². The molecule has 6 aromatic heterocycles. The van der Waals surface area contributed by atoms with Crippen molar-refractivity contribution in [3.05, 3.63) is 105 Å². The Kier molecular flexibility index (Phi) is 10.1. The van der Waals surface area contributed by atoms with Crippen LogP contribution >= 0.6 is 0 Å². The normalized spacial score (nSPS) is 12.3. The van der Waals surface area contributed by atoms with Crippen molar-refractivity contribution in [2.24, 2.45) is 0 Å². The van der Waals surface area contributed by atoms with Crippen LogP contribution in [0, 0.1) is 55.4 Å². The van der Waals surface area contributed by atoms with E-state index in [1.54, 1.807) is 0 Å². The number of fused-ring (bicyclic) bond motifs is 6. The third-order valence-electron chi connectivity index (χ3n) is 12.4. The molecule has 57 heavy (non-hydrogen) atoms. The summed E-state index contributed by atoms with van der Waals surface area (Å²) in [6.45, 7) is 27.1. The fraction of sp³-hybridized carbons (Fsp3) is 0.417. The number of aryl methyl sites for hydroxylation is 8. The number of aromatic nitrogens is 8. The lowest BCUT2D eigenvalue weighted by Gasteiger charge is -2.18. The first kappa shape index (κ1) is 38.6. The van der Waals surface area contributed by atoms with Gasteiger partial charge in [-0.3, -0.25) is 0 Å². The van der Waals surface area contributed by atoms with E-state index >= 15 is 0 Å². The Morgan fingerprint density at radius 3 is 1.26 bits per heavy atom. The lowest BCUT2D eigenvalue weighted by molar-refractivity contribution is 0.107. The van der Waals surface area contributed by atoms with Crippen molar-refractivity contribution in [1.29, 1.82) is 0 Å². The number of nitrogens with zero attached hydrogens (tertiary/aromatic N) is 8. The molecule has 296 valence electrons. The molecule has 0 saturated heterocycles. The van der Waals surface area contributed by atoms with Crippen molar-refractivity contribution in [3.8, 4) is 22.3 Å². The molecule has 0 unspecified atom stereocenters. The van der Waals surface area contributed by atoms with Gasteiger partial charge in [0.1, 0.15) is 11.3 Å². The fourth-order valence-corrected chi connectivity index (χ4v) is 9.72. The molecule has 6 heterocycles. The van der Waals surface area contributed by atoms with Gasteiger partial charge >= 0.3 is 0 Å². The van der Waals surface area contributed by atoms with Gasteiger partial charge in [0.05, 0.1) is 47.1 Å². The highest BCUT2D eigenvalue weighted by molar-refractivity contribution is 5.91. The summed E-state index contributed by atoms with van der Waals surface area (Å²) in [5.41, 5.74) is 19.5. The molecule has 9 nitrogen and oxygen atoms in total. The van der Waals surface area contributed by atoms with Crippen LogP contribution in [0.4, 0.5) is 0 Å². The molecule has 0 N–H and O–H groups in total. The summed E-state index contributed by atoms with van der Waals surface area (Å²) >= 11 is 0. The molecule has 2 aromatic carbocycles. The van der Waals surface area contributed by atoms with Gasteiger partial charge in [-0.15, -0.1) is 0 Å². The fourth-order valence-electron chi connectivity index (χ4n) is 9.72. The van der Waals surface area contributed by atoms with E-state index < -0.39 is 0 Å². The average molecular weight is 763 g/mol. The van der Waals surface area contributed by atoms with E-state index in [4.69, 9.17) is 24.9 Å². The van der Waals surface area contributed by atoms with E-state index in [1.807, 2.05) is 0 Å². The third kappa shape index (κ3) is 6.26. The number of ether oxygens (including phenoxy) is 1. The predicted octanol–water partition coefficient (Wildman–Crippen LogP) is 11.9. The van der Waals surface area contributed by atoms with Crippen LogP contribution < -0.4 is 0 Å². The summed E-state index contributed by atoms with van der Waals surface area (Å²) in [5, 5.41) is 12.7. The monoisotopic (exact) mass is 762 g/mol. The minimum atomic E-state index is 0.395. The highest BCUT2D eigenvalue weighted by Gasteiger charge is 2.26. The number of benzene rings is 2. The first-order valence-corrected chi connectivity index (χ1v) is 20.9. The molecule has 8 rings (SSSR count). The lowest BCUT2D eigenvalue weighted by Crippen LogP contribution is -2.09. The zero-order valence-electron chi connectivity index (χ0n) is 36.0. The largest absolute Gasteiger partial charge is 0.372 e. The topological polar surface area (TPSA) is 79.5 Å². The van der Waals surface area contributed by atoms with Crippen molar-refractivity contribution in [2.75, 3.05) is 0 Å². The minimum Gasteiger partial charge on any atom is -0.372 e. The van der Waals surface area contributed by atoms with Crippen molar-refractivity contribution < 1.29 is 4.74 Å². The molecule has 0 fully saturated rings. The Bertz CT molecular complexity index is 2630. The van der Waals surface area contributed by atoms with Gasteiger partial charge in [-0.25, -0.2) is 9.97 Å². The van der Waals surface area contributed by atoms with Crippen LogP contribution in [0.3, 0.4) is 0 Å². The van der Waals surface area contributed by atoms with Crippen molar-refractivity contribution in [3.63, 3.8) is 0 Å². The molecule has 0 amide bonds. The number of hydrogen-bond acceptors (Lipinski definition) is 5. The standard InChI is InChI=1S/C48H58N8O/c1-13-37(14-2)53-19-17-39-31(9)49-45-43(33(11)51-55(45)47(39)53)41-29(7)21-27(5)23-35(41)25-57-26-36-24-28(6)22-30(8)42(36)44-34(12)52-56-46(44)50-32(10)40-18-20-54(48(40)56)38(15-3)16-4/h17-24,37-38H,13-16,25-26H2,1-12H3. The van der Waals surface area contributed by atoms with Gasteiger partial charge in [0.25, 0.3) is 0 Å². The van der Waals surface area contributed by atoms with Crippen LogP contribution in [-0.2, 0) is 18.0 Å². The van der Waals surface area contributed by atoms with Crippen molar-refractivity contribution >= 4 is 33.4 Å². The summed E-state index contributed by atoms with van der Waals surface area (Å²) in [7, 11) is 0. The summed E-state index contributed by atoms with van der Waals surface area (Å²) in [6.07, 6.45) is 8.65. The Morgan fingerprint density at radius 1 is 0.509 bits per heavy atom. The third-order valence-corrected chi connectivity index (χ3v) is 12.4. The van der Waals surface area contributed by atoms with Crippen LogP contribution in [0.15, 0.2) is 48.8 Å². The zero-order valence-corrected chi connectivity index (χ0v) is 36.0. The van der Waals surface area contributed by atoms with Gasteiger partial charge in [0, 0.05) is 35.2 Å². The number of hydrogen-bond donors (Lipinski definition) is 0. The van der Waals surface area contributed by atoms with E-state index in [-0.39, 0.29) is 0 Å². The molecule has 0 saturated carbocycles. The van der Waals surface area contributed by atoms with Crippen molar-refractivity contribution in [1.82, 2.24) is 38.3 Å². The molecular formula is C48H58N8O. The summed E-state index contributed by atoms with van der Waals surface area (Å²) in [5.74, 6) is 0. The Labute approximate surface area is 336 Å². The Morgan fingerprint density at radius 2 is 0.895 bits per heavy atom. The highest BCUT2D eigenvalue weighted by atomic mass is 16.5. The maximum atomic E-state index is 6.83. The van der Waals surface area contributed by atoms with Gasteiger partial charge in [0.2, 0.25) is 0 Å². The van der Waals surface area contributed by atoms with Crippen molar-refractivity contribution in [2.45, 2.75) is 134 Å². The molecule has 0 aliphatic heterocycles. The Hall–Kier alpha value is -5.28. The maximum Gasteiger partial charge on any atom is 0.165 e. The smallest absolute Gasteiger partial charge is 0.165 e. The van der Waals surface area contributed by atoms with Crippen LogP contribution in [-0.4, -0.2) is 38.3 Å². The number of rotatable bonds is 12. The SMILES string of the molecule is CCC(CC)n1ccc2c(C)nc3c(-c4c(C)cc(C)cc4COCc4cc(C)cc(C)c4-c4c(C)nn5c4nc(C)c4ccn(C(CC)CC)c45)c(C)nn3c21. The molecule has 0 spiro atoms. The average Bonchev–Trinajstić information content (AvgIpc) is 3.94. The van der Waals surface area contributed by atoms with Crippen LogP contribution in [0.5, 0.6) is 0 Å². The van der Waals surface area contributed by atoms with Gasteiger partial charge in [-0.2, -0.15) is 19.2 Å². The second kappa shape index (κ2) is 14.9. The molecule has 8 aromatic rings. The quantitative estimate of drug-likeness (QED) is 0.124. The molecule has 9 heteroatoms. The minimum absolute atomic E-state index is 0.395. The first-order valence-electron chi connectivity index (χ1n) is 20.9. The maximum absolute atomic E-state index is 6.83. The molecule has 0 aliphatic carbocycles. The summed E-state index contributed by atoms with van der Waals surface area (Å²) in [4.78, 5) is 10.5. The highest BCUT2D eigenvalue weighted by Crippen LogP contribution is 2.39. The van der Waals surface area contributed by atoms with E-state index in [2.05, 4.69) is 150 Å². The second-order valence-electron chi connectivity index (χ2n) is 16.4. The first-order chi connectivity index (χ1) is 27.4. The van der Waals surface area contributed by atoms with Crippen LogP contribution in [0.2, 0.25) is 0 Å². The zero-order chi connectivity index (χ0) is 40.4. The lowest BCUT2D eigenvalue weighted by atomic mass is 9.92.